The molecule has 0 aliphatic carbocycles. The van der Waals surface area contributed by atoms with Gasteiger partial charge in [0.2, 0.25) is 5.91 Å². The fourth-order valence-corrected chi connectivity index (χ4v) is 4.92. The lowest BCUT2D eigenvalue weighted by Gasteiger charge is -2.33. The van der Waals surface area contributed by atoms with E-state index in [9.17, 15) is 14.7 Å². The van der Waals surface area contributed by atoms with E-state index in [2.05, 4.69) is 26.0 Å². The van der Waals surface area contributed by atoms with Gasteiger partial charge in [0, 0.05) is 24.0 Å². The topological polar surface area (TPSA) is 99.3 Å². The molecule has 1 aliphatic rings. The summed E-state index contributed by atoms with van der Waals surface area (Å²) in [5.74, 6) is -1.17. The predicted molar refractivity (Wildman–Crippen MR) is 121 cm³/mol. The normalized spacial score (nSPS) is 14.5. The number of anilines is 1. The lowest BCUT2D eigenvalue weighted by molar-refractivity contribution is -0.764. The molecule has 1 aliphatic heterocycles. The maximum Gasteiger partial charge on any atom is 0.308 e. The minimum Gasteiger partial charge on any atom is -0.854 e. The summed E-state index contributed by atoms with van der Waals surface area (Å²) >= 11 is 10.9. The molecule has 2 aromatic carbocycles. The van der Waals surface area contributed by atoms with Gasteiger partial charge in [0.1, 0.15) is 0 Å². The van der Waals surface area contributed by atoms with Crippen molar-refractivity contribution in [2.24, 2.45) is 0 Å². The van der Waals surface area contributed by atoms with Crippen LogP contribution in [0.4, 0.5) is 5.69 Å². The number of thioether (sulfide) groups is 1. The van der Waals surface area contributed by atoms with Crippen LogP contribution >= 0.6 is 39.3 Å². The molecule has 1 unspecified atom stereocenters. The Morgan fingerprint density at radius 1 is 1.28 bits per heavy atom. The number of aromatic nitrogens is 3. The Balaban J connectivity index is 2.12. The molecular weight excluding hydrogens is 520 g/mol. The third-order valence-electron chi connectivity index (χ3n) is 4.80. The molecule has 11 heteroatoms. The summed E-state index contributed by atoms with van der Waals surface area (Å²) in [6.07, 6.45) is 0.791. The first-order valence-electron chi connectivity index (χ1n) is 9.34. The van der Waals surface area contributed by atoms with E-state index in [1.807, 2.05) is 0 Å². The first-order chi connectivity index (χ1) is 15.2. The van der Waals surface area contributed by atoms with Crippen LogP contribution in [0.5, 0.6) is 11.6 Å². The Morgan fingerprint density at radius 2 is 2.00 bits per heavy atom. The zero-order valence-corrected chi connectivity index (χ0v) is 20.3. The third-order valence-corrected chi connectivity index (χ3v) is 6.15. The van der Waals surface area contributed by atoms with Gasteiger partial charge >= 0.3 is 5.97 Å². The Morgan fingerprint density at radius 3 is 2.66 bits per heavy atom. The van der Waals surface area contributed by atoms with E-state index in [0.29, 0.717) is 26.3 Å². The summed E-state index contributed by atoms with van der Waals surface area (Å²) in [7, 11) is 0. The highest BCUT2D eigenvalue weighted by atomic mass is 79.9. The molecular formula is C21H16BrClN4O4S. The molecule has 1 atom stereocenters. The molecule has 0 radical (unpaired) electrons. The number of carbonyl (C=O) groups is 2. The van der Waals surface area contributed by atoms with E-state index < -0.39 is 18.0 Å². The molecule has 0 bridgehead atoms. The number of amides is 1. The van der Waals surface area contributed by atoms with Crippen molar-refractivity contribution in [2.45, 2.75) is 25.2 Å². The van der Waals surface area contributed by atoms with Crippen molar-refractivity contribution in [3.05, 3.63) is 51.5 Å². The summed E-state index contributed by atoms with van der Waals surface area (Å²) < 4.78 is 7.34. The van der Waals surface area contributed by atoms with Crippen LogP contribution in [-0.2, 0) is 9.59 Å². The van der Waals surface area contributed by atoms with Crippen LogP contribution in [-0.4, -0.2) is 28.2 Å². The van der Waals surface area contributed by atoms with Crippen molar-refractivity contribution in [2.75, 3.05) is 11.2 Å². The minimum atomic E-state index is -0.955. The van der Waals surface area contributed by atoms with E-state index in [-0.39, 0.29) is 22.5 Å². The van der Waals surface area contributed by atoms with Crippen LogP contribution in [0, 0.1) is 0 Å². The van der Waals surface area contributed by atoms with Gasteiger partial charge in [0.15, 0.2) is 5.75 Å². The Bertz CT molecular complexity index is 1270. The number of fused-ring (bicyclic) bond motifs is 3. The van der Waals surface area contributed by atoms with Crippen molar-refractivity contribution in [1.82, 2.24) is 10.1 Å². The lowest BCUT2D eigenvalue weighted by atomic mass is 10.0. The number of nitrogens with zero attached hydrogens (tertiary/aromatic N) is 4. The van der Waals surface area contributed by atoms with E-state index >= 15 is 0 Å². The number of esters is 1. The van der Waals surface area contributed by atoms with Gasteiger partial charge in [-0.05, 0) is 46.5 Å². The Labute approximate surface area is 201 Å². The standard InChI is InChI=1S/C21H16BrClN4O4S/c1-10(28)26-16-7-5-4-6-13(16)17-19(30)24-21(32-3)25-27(17)20(26)14-8-12(23)9-15(22)18(14)31-11(2)29/h4-9,20H,1-3H3. The van der Waals surface area contributed by atoms with E-state index in [0.717, 1.165) is 0 Å². The first kappa shape index (κ1) is 22.5. The van der Waals surface area contributed by atoms with Crippen LogP contribution in [0.3, 0.4) is 0 Å². The van der Waals surface area contributed by atoms with Crippen LogP contribution in [0.1, 0.15) is 25.6 Å². The maximum atomic E-state index is 13.0. The summed E-state index contributed by atoms with van der Waals surface area (Å²) in [6.45, 7) is 2.68. The number of hydrogen-bond acceptors (Lipinski definition) is 7. The molecule has 0 N–H and O–H groups in total. The molecule has 2 heterocycles. The second-order valence-electron chi connectivity index (χ2n) is 6.88. The average Bonchev–Trinajstić information content (AvgIpc) is 2.73. The predicted octanol–water partition coefficient (Wildman–Crippen LogP) is 3.48. The second-order valence-corrected chi connectivity index (χ2v) is 8.94. The fraction of sp³-hybridized carbons (Fsp3) is 0.190. The Hall–Kier alpha value is -2.69. The van der Waals surface area contributed by atoms with Crippen LogP contribution < -0.4 is 19.4 Å². The molecule has 164 valence electrons. The number of carbonyl (C=O) groups excluding carboxylic acids is 2. The molecule has 32 heavy (non-hydrogen) atoms. The SMILES string of the molecule is CSc1nc([O-])c2[n+](n1)C(c1cc(Cl)cc(Br)c1OC(C)=O)N(C(C)=O)c1ccccc1-2. The molecule has 0 fully saturated rings. The van der Waals surface area contributed by atoms with Crippen molar-refractivity contribution < 1.29 is 24.1 Å². The maximum absolute atomic E-state index is 13.0. The molecule has 1 aromatic heterocycles. The van der Waals surface area contributed by atoms with Crippen molar-refractivity contribution in [3.8, 4) is 22.9 Å². The van der Waals surface area contributed by atoms with E-state index in [1.54, 1.807) is 42.7 Å². The smallest absolute Gasteiger partial charge is 0.308 e. The zero-order chi connectivity index (χ0) is 23.2. The summed E-state index contributed by atoms with van der Waals surface area (Å²) in [5.41, 5.74) is 1.62. The van der Waals surface area contributed by atoms with Gasteiger partial charge in [-0.25, -0.2) is 9.88 Å². The number of ether oxygens (including phenoxy) is 1. The third kappa shape index (κ3) is 3.82. The monoisotopic (exact) mass is 534 g/mol. The number of rotatable bonds is 3. The van der Waals surface area contributed by atoms with Gasteiger partial charge in [-0.1, -0.05) is 40.2 Å². The highest BCUT2D eigenvalue weighted by molar-refractivity contribution is 9.10. The first-order valence-corrected chi connectivity index (χ1v) is 11.7. The summed E-state index contributed by atoms with van der Waals surface area (Å²) in [5, 5.41) is 18.2. The van der Waals surface area contributed by atoms with Crippen LogP contribution in [0.2, 0.25) is 5.02 Å². The fourth-order valence-electron chi connectivity index (χ4n) is 3.67. The Kier molecular flexibility index (Phi) is 6.11. The van der Waals surface area contributed by atoms with Gasteiger partial charge in [-0.15, -0.1) is 0 Å². The zero-order valence-electron chi connectivity index (χ0n) is 17.1. The van der Waals surface area contributed by atoms with Crippen LogP contribution in [0.25, 0.3) is 11.3 Å². The number of hydrogen-bond donors (Lipinski definition) is 0. The van der Waals surface area contributed by atoms with Crippen molar-refractivity contribution in [3.63, 3.8) is 0 Å². The highest BCUT2D eigenvalue weighted by Gasteiger charge is 2.45. The minimum absolute atomic E-state index is 0.174. The number of para-hydroxylation sites is 1. The molecule has 4 rings (SSSR count). The van der Waals surface area contributed by atoms with Crippen molar-refractivity contribution in [1.29, 1.82) is 0 Å². The molecule has 0 saturated carbocycles. The highest BCUT2D eigenvalue weighted by Crippen LogP contribution is 2.44. The number of benzene rings is 2. The van der Waals surface area contributed by atoms with E-state index in [4.69, 9.17) is 16.3 Å². The summed E-state index contributed by atoms with van der Waals surface area (Å²) in [6, 6.07) is 10.2. The average molecular weight is 536 g/mol. The van der Waals surface area contributed by atoms with Gasteiger partial charge in [0.05, 0.1) is 27.2 Å². The lowest BCUT2D eigenvalue weighted by Crippen LogP contribution is -2.58. The molecule has 1 amide bonds. The van der Waals surface area contributed by atoms with Gasteiger partial charge < -0.3 is 9.84 Å². The summed E-state index contributed by atoms with van der Waals surface area (Å²) in [4.78, 5) is 30.3. The van der Waals surface area contributed by atoms with Crippen LogP contribution in [0.15, 0.2) is 46.0 Å². The van der Waals surface area contributed by atoms with Gasteiger partial charge in [-0.3, -0.25) is 9.59 Å². The largest absolute Gasteiger partial charge is 0.854 e. The van der Waals surface area contributed by atoms with Crippen molar-refractivity contribution >= 4 is 56.9 Å². The van der Waals surface area contributed by atoms with Gasteiger partial charge in [-0.2, -0.15) is 0 Å². The van der Waals surface area contributed by atoms with E-state index in [1.165, 1.54) is 35.2 Å². The molecule has 8 nitrogen and oxygen atoms in total. The molecule has 3 aromatic rings. The quantitative estimate of drug-likeness (QED) is 0.219. The molecule has 0 saturated heterocycles. The van der Waals surface area contributed by atoms with Gasteiger partial charge in [0.25, 0.3) is 17.0 Å². The number of halogens is 2. The second kappa shape index (κ2) is 8.68. The molecule has 0 spiro atoms.